The fourth-order valence-electron chi connectivity index (χ4n) is 1.03. The Labute approximate surface area is 76.6 Å². The zero-order chi connectivity index (χ0) is 9.84. The van der Waals surface area contributed by atoms with E-state index in [4.69, 9.17) is 10.8 Å². The van der Waals surface area contributed by atoms with Gasteiger partial charge < -0.3 is 15.7 Å². The van der Waals surface area contributed by atoms with Crippen LogP contribution in [0.5, 0.6) is 0 Å². The van der Waals surface area contributed by atoms with E-state index in [1.54, 1.807) is 18.2 Å². The van der Waals surface area contributed by atoms with Gasteiger partial charge in [0.1, 0.15) is 0 Å². The van der Waals surface area contributed by atoms with Crippen molar-refractivity contribution in [2.24, 2.45) is 0 Å². The largest absolute Gasteiger partial charge is 0.465 e. The SMILES string of the molecule is CN(Cc1cccc(N)c1)C(=O)O. The van der Waals surface area contributed by atoms with Gasteiger partial charge in [-0.2, -0.15) is 0 Å². The molecule has 70 valence electrons. The molecular weight excluding hydrogens is 168 g/mol. The molecule has 1 amide bonds. The van der Waals surface area contributed by atoms with E-state index in [-0.39, 0.29) is 0 Å². The van der Waals surface area contributed by atoms with Crippen LogP contribution < -0.4 is 5.73 Å². The maximum absolute atomic E-state index is 10.5. The third kappa shape index (κ3) is 2.66. The van der Waals surface area contributed by atoms with Crippen LogP contribution in [0.3, 0.4) is 0 Å². The summed E-state index contributed by atoms with van der Waals surface area (Å²) in [6.45, 7) is 0.361. The Morgan fingerprint density at radius 3 is 2.85 bits per heavy atom. The zero-order valence-electron chi connectivity index (χ0n) is 7.40. The van der Waals surface area contributed by atoms with Gasteiger partial charge in [-0.15, -0.1) is 0 Å². The van der Waals surface area contributed by atoms with E-state index in [2.05, 4.69) is 0 Å². The Morgan fingerprint density at radius 2 is 2.31 bits per heavy atom. The van der Waals surface area contributed by atoms with Gasteiger partial charge in [-0.3, -0.25) is 0 Å². The van der Waals surface area contributed by atoms with E-state index in [0.717, 1.165) is 5.56 Å². The predicted molar refractivity (Wildman–Crippen MR) is 50.3 cm³/mol. The van der Waals surface area contributed by atoms with Crippen LogP contribution >= 0.6 is 0 Å². The summed E-state index contributed by atoms with van der Waals surface area (Å²) in [6, 6.07) is 7.18. The highest BCUT2D eigenvalue weighted by Crippen LogP contribution is 2.08. The Morgan fingerprint density at radius 1 is 1.62 bits per heavy atom. The van der Waals surface area contributed by atoms with Gasteiger partial charge in [-0.1, -0.05) is 12.1 Å². The van der Waals surface area contributed by atoms with E-state index in [0.29, 0.717) is 12.2 Å². The molecular formula is C9H12N2O2. The average Bonchev–Trinajstić information content (AvgIpc) is 2.04. The van der Waals surface area contributed by atoms with Gasteiger partial charge in [0.05, 0.1) is 0 Å². The number of amides is 1. The maximum Gasteiger partial charge on any atom is 0.407 e. The predicted octanol–water partition coefficient (Wildman–Crippen LogP) is 1.38. The van der Waals surface area contributed by atoms with E-state index >= 15 is 0 Å². The standard InChI is InChI=1S/C9H12N2O2/c1-11(9(12)13)6-7-3-2-4-8(10)5-7/h2-5H,6,10H2,1H3,(H,12,13). The topological polar surface area (TPSA) is 66.6 Å². The lowest BCUT2D eigenvalue weighted by Gasteiger charge is -2.12. The number of anilines is 1. The third-order valence-corrected chi connectivity index (χ3v) is 1.70. The molecule has 13 heavy (non-hydrogen) atoms. The molecule has 0 heterocycles. The molecule has 1 rings (SSSR count). The molecule has 0 saturated carbocycles. The number of carboxylic acid groups (broad SMARTS) is 1. The first kappa shape index (κ1) is 9.38. The quantitative estimate of drug-likeness (QED) is 0.675. The molecule has 0 atom stereocenters. The van der Waals surface area contributed by atoms with Gasteiger partial charge in [-0.25, -0.2) is 4.79 Å². The molecule has 0 fully saturated rings. The Hall–Kier alpha value is -1.71. The van der Waals surface area contributed by atoms with E-state index in [1.807, 2.05) is 6.07 Å². The van der Waals surface area contributed by atoms with Crippen LogP contribution in [0.1, 0.15) is 5.56 Å². The number of hydrogen-bond acceptors (Lipinski definition) is 2. The molecule has 0 aliphatic carbocycles. The lowest BCUT2D eigenvalue weighted by Crippen LogP contribution is -2.23. The highest BCUT2D eigenvalue weighted by Gasteiger charge is 2.05. The van der Waals surface area contributed by atoms with Crippen molar-refractivity contribution in [3.63, 3.8) is 0 Å². The van der Waals surface area contributed by atoms with Crippen LogP contribution in [-0.2, 0) is 6.54 Å². The van der Waals surface area contributed by atoms with E-state index in [1.165, 1.54) is 11.9 Å². The molecule has 0 aliphatic rings. The normalized spacial score (nSPS) is 9.62. The van der Waals surface area contributed by atoms with Gasteiger partial charge in [0.2, 0.25) is 0 Å². The molecule has 4 heteroatoms. The van der Waals surface area contributed by atoms with Crippen LogP contribution in [0.2, 0.25) is 0 Å². The smallest absolute Gasteiger partial charge is 0.407 e. The number of carbonyl (C=O) groups is 1. The lowest BCUT2D eigenvalue weighted by atomic mass is 10.2. The van der Waals surface area contributed by atoms with Crippen molar-refractivity contribution in [2.45, 2.75) is 6.54 Å². The Kier molecular flexibility index (Phi) is 2.74. The number of rotatable bonds is 2. The van der Waals surface area contributed by atoms with Crippen LogP contribution in [0.4, 0.5) is 10.5 Å². The second-order valence-corrected chi connectivity index (χ2v) is 2.88. The first-order chi connectivity index (χ1) is 6.09. The monoisotopic (exact) mass is 180 g/mol. The summed E-state index contributed by atoms with van der Waals surface area (Å²) in [5.41, 5.74) is 7.09. The van der Waals surface area contributed by atoms with Crippen molar-refractivity contribution in [3.05, 3.63) is 29.8 Å². The molecule has 1 aromatic rings. The molecule has 1 aromatic carbocycles. The summed E-state index contributed by atoms with van der Waals surface area (Å²) >= 11 is 0. The van der Waals surface area contributed by atoms with Crippen LogP contribution in [0.15, 0.2) is 24.3 Å². The van der Waals surface area contributed by atoms with Crippen LogP contribution in [0.25, 0.3) is 0 Å². The van der Waals surface area contributed by atoms with Crippen molar-refractivity contribution in [2.75, 3.05) is 12.8 Å². The summed E-state index contributed by atoms with van der Waals surface area (Å²) in [4.78, 5) is 11.7. The molecule has 0 aliphatic heterocycles. The molecule has 0 spiro atoms. The summed E-state index contributed by atoms with van der Waals surface area (Å²) in [5.74, 6) is 0. The van der Waals surface area contributed by atoms with Gasteiger partial charge in [-0.05, 0) is 17.7 Å². The zero-order valence-corrected chi connectivity index (χ0v) is 7.40. The second-order valence-electron chi connectivity index (χ2n) is 2.88. The van der Waals surface area contributed by atoms with Gasteiger partial charge in [0.25, 0.3) is 0 Å². The minimum Gasteiger partial charge on any atom is -0.465 e. The molecule has 4 nitrogen and oxygen atoms in total. The molecule has 0 saturated heterocycles. The first-order valence-corrected chi connectivity index (χ1v) is 3.88. The maximum atomic E-state index is 10.5. The average molecular weight is 180 g/mol. The first-order valence-electron chi connectivity index (χ1n) is 3.88. The number of nitrogens with two attached hydrogens (primary N) is 1. The summed E-state index contributed by atoms with van der Waals surface area (Å²) in [6.07, 6.45) is -0.942. The van der Waals surface area contributed by atoms with Crippen LogP contribution in [0, 0.1) is 0 Å². The molecule has 0 radical (unpaired) electrons. The van der Waals surface area contributed by atoms with Gasteiger partial charge in [0, 0.05) is 19.3 Å². The van der Waals surface area contributed by atoms with Crippen LogP contribution in [-0.4, -0.2) is 23.1 Å². The van der Waals surface area contributed by atoms with Crippen molar-refractivity contribution >= 4 is 11.8 Å². The highest BCUT2D eigenvalue weighted by molar-refractivity contribution is 5.64. The summed E-state index contributed by atoms with van der Waals surface area (Å²) in [5, 5.41) is 8.61. The number of benzene rings is 1. The minimum atomic E-state index is -0.942. The second kappa shape index (κ2) is 3.80. The van der Waals surface area contributed by atoms with Gasteiger partial charge in [0.15, 0.2) is 0 Å². The number of nitrogens with zero attached hydrogens (tertiary/aromatic N) is 1. The number of hydrogen-bond donors (Lipinski definition) is 2. The molecule has 0 unspecified atom stereocenters. The molecule has 0 bridgehead atoms. The summed E-state index contributed by atoms with van der Waals surface area (Å²) < 4.78 is 0. The van der Waals surface area contributed by atoms with Gasteiger partial charge >= 0.3 is 6.09 Å². The Bertz CT molecular complexity index is 312. The van der Waals surface area contributed by atoms with Crippen molar-refractivity contribution in [1.29, 1.82) is 0 Å². The highest BCUT2D eigenvalue weighted by atomic mass is 16.4. The number of nitrogen functional groups attached to an aromatic ring is 1. The van der Waals surface area contributed by atoms with Crippen molar-refractivity contribution in [1.82, 2.24) is 4.90 Å². The lowest BCUT2D eigenvalue weighted by molar-refractivity contribution is 0.154. The third-order valence-electron chi connectivity index (χ3n) is 1.70. The fourth-order valence-corrected chi connectivity index (χ4v) is 1.03. The molecule has 3 N–H and O–H groups in total. The van der Waals surface area contributed by atoms with E-state index < -0.39 is 6.09 Å². The molecule has 0 aromatic heterocycles. The van der Waals surface area contributed by atoms with Crippen molar-refractivity contribution < 1.29 is 9.90 Å². The fraction of sp³-hybridized carbons (Fsp3) is 0.222. The van der Waals surface area contributed by atoms with Crippen molar-refractivity contribution in [3.8, 4) is 0 Å². The van der Waals surface area contributed by atoms with E-state index in [9.17, 15) is 4.79 Å². The Balaban J connectivity index is 2.69. The minimum absolute atomic E-state index is 0.361. The summed E-state index contributed by atoms with van der Waals surface area (Å²) in [7, 11) is 1.52.